The zero-order valence-corrected chi connectivity index (χ0v) is 19.8. The minimum atomic E-state index is -0.446. The lowest BCUT2D eigenvalue weighted by Gasteiger charge is -2.45. The molecular formula is C28H21BrN2O3. The van der Waals surface area contributed by atoms with Crippen LogP contribution in [0.25, 0.3) is 0 Å². The molecule has 2 bridgehead atoms. The molecular weight excluding hydrogens is 492 g/mol. The van der Waals surface area contributed by atoms with Crippen LogP contribution < -0.4 is 4.74 Å². The van der Waals surface area contributed by atoms with Crippen LogP contribution in [-0.2, 0) is 9.59 Å². The number of ether oxygens (including phenoxy) is 1. The van der Waals surface area contributed by atoms with Crippen molar-refractivity contribution < 1.29 is 14.3 Å². The summed E-state index contributed by atoms with van der Waals surface area (Å²) < 4.78 is 6.56. The van der Waals surface area contributed by atoms with Gasteiger partial charge in [-0.2, -0.15) is 10.1 Å². The highest BCUT2D eigenvalue weighted by Crippen LogP contribution is 2.60. The number of amides is 2. The Hall–Kier alpha value is -3.51. The Kier molecular flexibility index (Phi) is 4.99. The van der Waals surface area contributed by atoms with Gasteiger partial charge in [0.05, 0.1) is 18.1 Å². The van der Waals surface area contributed by atoms with Crippen LogP contribution in [0.2, 0.25) is 0 Å². The van der Waals surface area contributed by atoms with E-state index < -0.39 is 11.8 Å². The van der Waals surface area contributed by atoms with Crippen molar-refractivity contribution in [3.63, 3.8) is 0 Å². The van der Waals surface area contributed by atoms with E-state index in [-0.39, 0.29) is 23.7 Å². The molecule has 34 heavy (non-hydrogen) atoms. The number of benzene rings is 3. The molecule has 6 heteroatoms. The van der Waals surface area contributed by atoms with Gasteiger partial charge in [0.15, 0.2) is 0 Å². The van der Waals surface area contributed by atoms with E-state index in [1.54, 1.807) is 6.08 Å². The van der Waals surface area contributed by atoms with Crippen molar-refractivity contribution in [2.75, 3.05) is 6.61 Å². The SMILES string of the molecule is C=CCOc1ccc(Br)cc1/C=N\N1C(=O)[C@@H]2C3c4ccccc4C(c4ccccc43)[C@H]2C1=O. The van der Waals surface area contributed by atoms with Crippen LogP contribution in [0.3, 0.4) is 0 Å². The van der Waals surface area contributed by atoms with Gasteiger partial charge < -0.3 is 4.74 Å². The molecule has 4 aliphatic rings. The molecule has 0 aromatic heterocycles. The largest absolute Gasteiger partial charge is 0.489 e. The zero-order valence-electron chi connectivity index (χ0n) is 18.2. The van der Waals surface area contributed by atoms with Gasteiger partial charge in [-0.3, -0.25) is 9.59 Å². The number of rotatable bonds is 5. The monoisotopic (exact) mass is 512 g/mol. The molecule has 2 amide bonds. The quantitative estimate of drug-likeness (QED) is 0.267. The van der Waals surface area contributed by atoms with Crippen LogP contribution in [0.1, 0.15) is 39.7 Å². The Morgan fingerprint density at radius 2 is 1.41 bits per heavy atom. The fraction of sp³-hybridized carbons (Fsp3) is 0.179. The van der Waals surface area contributed by atoms with Gasteiger partial charge in [0.1, 0.15) is 12.4 Å². The molecule has 0 spiro atoms. The molecule has 168 valence electrons. The zero-order chi connectivity index (χ0) is 23.4. The summed E-state index contributed by atoms with van der Waals surface area (Å²) in [6, 6.07) is 21.9. The minimum Gasteiger partial charge on any atom is -0.489 e. The summed E-state index contributed by atoms with van der Waals surface area (Å²) in [5, 5.41) is 5.47. The number of halogens is 1. The normalized spacial score (nSPS) is 24.2. The van der Waals surface area contributed by atoms with Crippen molar-refractivity contribution in [1.29, 1.82) is 0 Å². The Morgan fingerprint density at radius 1 is 0.882 bits per heavy atom. The molecule has 1 aliphatic heterocycles. The van der Waals surface area contributed by atoms with Crippen LogP contribution in [0.5, 0.6) is 5.75 Å². The highest BCUT2D eigenvalue weighted by molar-refractivity contribution is 9.10. The number of imide groups is 1. The van der Waals surface area contributed by atoms with Crippen molar-refractivity contribution in [3.8, 4) is 5.75 Å². The number of hydrogen-bond acceptors (Lipinski definition) is 4. The van der Waals surface area contributed by atoms with Crippen molar-refractivity contribution in [2.45, 2.75) is 11.8 Å². The topological polar surface area (TPSA) is 59.0 Å². The summed E-state index contributed by atoms with van der Waals surface area (Å²) in [6.07, 6.45) is 3.19. The van der Waals surface area contributed by atoms with Crippen molar-refractivity contribution in [2.24, 2.45) is 16.9 Å². The predicted molar refractivity (Wildman–Crippen MR) is 133 cm³/mol. The first-order chi connectivity index (χ1) is 16.6. The summed E-state index contributed by atoms with van der Waals surface area (Å²) in [5.74, 6) is -1.06. The fourth-order valence-corrected chi connectivity index (χ4v) is 6.17. The molecule has 1 fully saturated rings. The molecule has 5 nitrogen and oxygen atoms in total. The van der Waals surface area contributed by atoms with Gasteiger partial charge in [-0.25, -0.2) is 0 Å². The van der Waals surface area contributed by atoms with E-state index in [2.05, 4.69) is 51.9 Å². The van der Waals surface area contributed by atoms with Crippen LogP contribution in [-0.4, -0.2) is 29.6 Å². The average Bonchev–Trinajstić information content (AvgIpc) is 3.12. The van der Waals surface area contributed by atoms with Gasteiger partial charge in [0, 0.05) is 21.9 Å². The van der Waals surface area contributed by atoms with Gasteiger partial charge in [0.25, 0.3) is 11.8 Å². The maximum Gasteiger partial charge on any atom is 0.254 e. The highest BCUT2D eigenvalue weighted by atomic mass is 79.9. The molecule has 1 heterocycles. The standard InChI is InChI=1S/C28H21BrN2O3/c1-2-13-34-22-12-11-17(29)14-16(22)15-30-31-27(32)25-23-18-7-3-4-8-19(18)24(26(25)28(31)33)21-10-6-5-9-20(21)23/h2-12,14-15,23-26H,1,13H2/b30-15-/t23?,24?,25-,26-/m1/s1. The van der Waals surface area contributed by atoms with Gasteiger partial charge in [-0.1, -0.05) is 77.1 Å². The van der Waals surface area contributed by atoms with Gasteiger partial charge in [-0.15, -0.1) is 0 Å². The van der Waals surface area contributed by atoms with Crippen molar-refractivity contribution in [1.82, 2.24) is 5.01 Å². The highest BCUT2D eigenvalue weighted by Gasteiger charge is 2.61. The lowest BCUT2D eigenvalue weighted by Crippen LogP contribution is -2.41. The lowest BCUT2D eigenvalue weighted by molar-refractivity contribution is -0.139. The summed E-state index contributed by atoms with van der Waals surface area (Å²) in [5.41, 5.74) is 5.25. The van der Waals surface area contributed by atoms with Crippen molar-refractivity contribution >= 4 is 34.0 Å². The van der Waals surface area contributed by atoms with Gasteiger partial charge in [0.2, 0.25) is 0 Å². The second-order valence-electron chi connectivity index (χ2n) is 8.78. The van der Waals surface area contributed by atoms with Gasteiger partial charge in [-0.05, 0) is 40.5 Å². The summed E-state index contributed by atoms with van der Waals surface area (Å²) in [4.78, 5) is 27.3. The summed E-state index contributed by atoms with van der Waals surface area (Å²) >= 11 is 3.46. The van der Waals surface area contributed by atoms with E-state index in [1.807, 2.05) is 42.5 Å². The number of carbonyl (C=O) groups is 2. The first kappa shape index (κ1) is 21.1. The molecule has 1 saturated heterocycles. The van der Waals surface area contributed by atoms with Gasteiger partial charge >= 0.3 is 0 Å². The van der Waals surface area contributed by atoms with Crippen LogP contribution in [0.4, 0.5) is 0 Å². The summed E-state index contributed by atoms with van der Waals surface area (Å²) in [7, 11) is 0. The Morgan fingerprint density at radius 3 is 1.91 bits per heavy atom. The van der Waals surface area contributed by atoms with E-state index in [9.17, 15) is 9.59 Å². The number of nitrogens with zero attached hydrogens (tertiary/aromatic N) is 2. The predicted octanol–water partition coefficient (Wildman–Crippen LogP) is 5.24. The molecule has 2 atom stereocenters. The van der Waals surface area contributed by atoms with Crippen molar-refractivity contribution in [3.05, 3.63) is 112 Å². The maximum atomic E-state index is 13.6. The molecule has 7 rings (SSSR count). The summed E-state index contributed by atoms with van der Waals surface area (Å²) in [6.45, 7) is 4.02. The van der Waals surface area contributed by atoms with Crippen LogP contribution in [0, 0.1) is 11.8 Å². The second kappa shape index (κ2) is 8.06. The first-order valence-corrected chi connectivity index (χ1v) is 12.0. The Labute approximate surface area is 205 Å². The molecule has 0 radical (unpaired) electrons. The van der Waals surface area contributed by atoms with Crippen LogP contribution >= 0.6 is 15.9 Å². The lowest BCUT2D eigenvalue weighted by atomic mass is 9.55. The third-order valence-corrected chi connectivity index (χ3v) is 7.56. The number of carbonyl (C=O) groups excluding carboxylic acids is 2. The molecule has 3 aliphatic carbocycles. The number of hydrazone groups is 1. The Balaban J connectivity index is 1.40. The third-order valence-electron chi connectivity index (χ3n) is 7.07. The molecule has 0 N–H and O–H groups in total. The third kappa shape index (κ3) is 3.02. The minimum absolute atomic E-state index is 0.142. The smallest absolute Gasteiger partial charge is 0.254 e. The Bertz CT molecular complexity index is 1270. The maximum absolute atomic E-state index is 13.6. The second-order valence-corrected chi connectivity index (χ2v) is 9.70. The first-order valence-electron chi connectivity index (χ1n) is 11.2. The fourth-order valence-electron chi connectivity index (χ4n) is 5.80. The van der Waals surface area contributed by atoms with E-state index in [0.29, 0.717) is 17.9 Å². The van der Waals surface area contributed by atoms with E-state index >= 15 is 0 Å². The van der Waals surface area contributed by atoms with E-state index in [1.165, 1.54) is 6.21 Å². The van der Waals surface area contributed by atoms with Crippen LogP contribution in [0.15, 0.2) is 89.0 Å². The molecule has 0 unspecified atom stereocenters. The van der Waals surface area contributed by atoms with E-state index in [4.69, 9.17) is 4.74 Å². The molecule has 3 aromatic carbocycles. The molecule has 0 saturated carbocycles. The number of hydrogen-bond donors (Lipinski definition) is 0. The van der Waals surface area contributed by atoms with E-state index in [0.717, 1.165) is 31.7 Å². The molecule has 3 aromatic rings. The average molecular weight is 513 g/mol.